The summed E-state index contributed by atoms with van der Waals surface area (Å²) >= 11 is 0. The van der Waals surface area contributed by atoms with Crippen molar-refractivity contribution >= 4 is 5.78 Å². The predicted molar refractivity (Wildman–Crippen MR) is 73.7 cm³/mol. The smallest absolute Gasteiger partial charge is 0.189 e. The molecule has 3 N–H and O–H groups in total. The standard InChI is InChI=1S/C15H26O4/c1-3-5-7-12(16)11-9-13(17)15(19,8-6-4-2)14(18)10-11/h9,12,14,16,18-19H,3-8,10H2,1-2H3/t12-,14+,15+/m1/s1. The molecule has 0 heterocycles. The second-order valence-corrected chi connectivity index (χ2v) is 5.49. The topological polar surface area (TPSA) is 77.8 Å². The van der Waals surface area contributed by atoms with Crippen molar-refractivity contribution in [2.75, 3.05) is 0 Å². The van der Waals surface area contributed by atoms with Crippen LogP contribution in [-0.4, -0.2) is 38.9 Å². The maximum atomic E-state index is 12.0. The van der Waals surface area contributed by atoms with Crippen LogP contribution in [0.5, 0.6) is 0 Å². The number of aliphatic hydroxyl groups excluding tert-OH is 2. The molecule has 4 heteroatoms. The molecular formula is C15H26O4. The van der Waals surface area contributed by atoms with E-state index < -0.39 is 23.6 Å². The van der Waals surface area contributed by atoms with E-state index >= 15 is 0 Å². The van der Waals surface area contributed by atoms with Gasteiger partial charge in [0, 0.05) is 6.42 Å². The molecule has 19 heavy (non-hydrogen) atoms. The average Bonchev–Trinajstić information content (AvgIpc) is 2.39. The Morgan fingerprint density at radius 2 is 2.00 bits per heavy atom. The molecule has 0 bridgehead atoms. The zero-order valence-electron chi connectivity index (χ0n) is 11.9. The van der Waals surface area contributed by atoms with Crippen LogP contribution in [0.15, 0.2) is 11.6 Å². The average molecular weight is 270 g/mol. The molecule has 0 fully saturated rings. The Balaban J connectivity index is 2.76. The summed E-state index contributed by atoms with van der Waals surface area (Å²) in [4.78, 5) is 12.0. The molecule has 0 aromatic rings. The molecule has 1 aliphatic rings. The van der Waals surface area contributed by atoms with Gasteiger partial charge < -0.3 is 15.3 Å². The van der Waals surface area contributed by atoms with Crippen LogP contribution in [-0.2, 0) is 4.79 Å². The number of rotatable bonds is 7. The van der Waals surface area contributed by atoms with Crippen molar-refractivity contribution < 1.29 is 20.1 Å². The highest BCUT2D eigenvalue weighted by molar-refractivity contribution is 5.99. The lowest BCUT2D eigenvalue weighted by Gasteiger charge is -2.35. The summed E-state index contributed by atoms with van der Waals surface area (Å²) in [5.74, 6) is -0.467. The molecule has 0 unspecified atom stereocenters. The van der Waals surface area contributed by atoms with Gasteiger partial charge in [0.15, 0.2) is 11.4 Å². The molecule has 0 radical (unpaired) electrons. The first kappa shape index (κ1) is 16.3. The van der Waals surface area contributed by atoms with E-state index in [1.54, 1.807) is 0 Å². The quantitative estimate of drug-likeness (QED) is 0.658. The van der Waals surface area contributed by atoms with Gasteiger partial charge in [-0.15, -0.1) is 0 Å². The largest absolute Gasteiger partial charge is 0.389 e. The molecule has 0 saturated heterocycles. The van der Waals surface area contributed by atoms with Gasteiger partial charge in [0.2, 0.25) is 0 Å². The van der Waals surface area contributed by atoms with Gasteiger partial charge >= 0.3 is 0 Å². The molecule has 1 aliphatic carbocycles. The summed E-state index contributed by atoms with van der Waals surface area (Å²) in [7, 11) is 0. The van der Waals surface area contributed by atoms with Gasteiger partial charge in [0.05, 0.1) is 12.2 Å². The monoisotopic (exact) mass is 270 g/mol. The zero-order chi connectivity index (χ0) is 14.5. The minimum Gasteiger partial charge on any atom is -0.389 e. The van der Waals surface area contributed by atoms with Gasteiger partial charge in [0.25, 0.3) is 0 Å². The number of unbranched alkanes of at least 4 members (excludes halogenated alkanes) is 2. The fraction of sp³-hybridized carbons (Fsp3) is 0.800. The van der Waals surface area contributed by atoms with E-state index in [2.05, 4.69) is 0 Å². The predicted octanol–water partition coefficient (Wildman–Crippen LogP) is 1.72. The van der Waals surface area contributed by atoms with Crippen molar-refractivity contribution in [3.05, 3.63) is 11.6 Å². The van der Waals surface area contributed by atoms with Crippen LogP contribution < -0.4 is 0 Å². The highest BCUT2D eigenvalue weighted by Crippen LogP contribution is 2.32. The number of carbonyl (C=O) groups is 1. The SMILES string of the molecule is CCCC[C@@H](O)C1=CC(=O)[C@@](O)(CCCC)[C@@H](O)C1. The van der Waals surface area contributed by atoms with Crippen LogP contribution in [0.1, 0.15) is 58.8 Å². The van der Waals surface area contributed by atoms with Crippen LogP contribution in [0.2, 0.25) is 0 Å². The van der Waals surface area contributed by atoms with Gasteiger partial charge in [-0.3, -0.25) is 4.79 Å². The third kappa shape index (κ3) is 3.88. The van der Waals surface area contributed by atoms with Gasteiger partial charge in [-0.25, -0.2) is 0 Å². The second kappa shape index (κ2) is 7.17. The molecule has 0 saturated carbocycles. The summed E-state index contributed by atoms with van der Waals surface area (Å²) in [6.45, 7) is 4.00. The van der Waals surface area contributed by atoms with Crippen molar-refractivity contribution in [1.29, 1.82) is 0 Å². The minimum atomic E-state index is -1.66. The fourth-order valence-electron chi connectivity index (χ4n) is 2.46. The van der Waals surface area contributed by atoms with Crippen LogP contribution in [0.4, 0.5) is 0 Å². The maximum absolute atomic E-state index is 12.0. The number of hydrogen-bond donors (Lipinski definition) is 3. The van der Waals surface area contributed by atoms with E-state index in [4.69, 9.17) is 0 Å². The molecular weight excluding hydrogens is 244 g/mol. The van der Waals surface area contributed by atoms with Crippen molar-refractivity contribution in [2.45, 2.75) is 76.6 Å². The third-order valence-corrected chi connectivity index (χ3v) is 3.89. The van der Waals surface area contributed by atoms with Crippen LogP contribution in [0, 0.1) is 0 Å². The van der Waals surface area contributed by atoms with Crippen molar-refractivity contribution in [2.24, 2.45) is 0 Å². The van der Waals surface area contributed by atoms with Gasteiger partial charge in [-0.2, -0.15) is 0 Å². The number of hydrogen-bond acceptors (Lipinski definition) is 4. The van der Waals surface area contributed by atoms with Crippen LogP contribution >= 0.6 is 0 Å². The highest BCUT2D eigenvalue weighted by Gasteiger charge is 2.45. The van der Waals surface area contributed by atoms with Crippen molar-refractivity contribution in [3.8, 4) is 0 Å². The summed E-state index contributed by atoms with van der Waals surface area (Å²) < 4.78 is 0. The third-order valence-electron chi connectivity index (χ3n) is 3.89. The molecule has 110 valence electrons. The number of carbonyl (C=O) groups excluding carboxylic acids is 1. The Kier molecular flexibility index (Phi) is 6.17. The molecule has 0 aromatic heterocycles. The zero-order valence-corrected chi connectivity index (χ0v) is 11.9. The lowest BCUT2D eigenvalue weighted by Crippen LogP contribution is -2.52. The second-order valence-electron chi connectivity index (χ2n) is 5.49. The molecule has 0 amide bonds. The fourth-order valence-corrected chi connectivity index (χ4v) is 2.46. The van der Waals surface area contributed by atoms with E-state index in [1.165, 1.54) is 6.08 Å². The summed E-state index contributed by atoms with van der Waals surface area (Å²) in [5, 5.41) is 30.3. The number of ketones is 1. The molecule has 0 spiro atoms. The Morgan fingerprint density at radius 1 is 1.37 bits per heavy atom. The summed E-state index contributed by atoms with van der Waals surface area (Å²) in [6.07, 6.45) is 3.99. The lowest BCUT2D eigenvalue weighted by atomic mass is 9.77. The highest BCUT2D eigenvalue weighted by atomic mass is 16.3. The Morgan fingerprint density at radius 3 is 2.53 bits per heavy atom. The first-order chi connectivity index (χ1) is 8.95. The Hall–Kier alpha value is -0.710. The van der Waals surface area contributed by atoms with Gasteiger partial charge in [0.1, 0.15) is 0 Å². The molecule has 0 aromatic carbocycles. The van der Waals surface area contributed by atoms with Crippen LogP contribution in [0.3, 0.4) is 0 Å². The summed E-state index contributed by atoms with van der Waals surface area (Å²) in [6, 6.07) is 0. The maximum Gasteiger partial charge on any atom is 0.189 e. The molecule has 0 aliphatic heterocycles. The lowest BCUT2D eigenvalue weighted by molar-refractivity contribution is -0.149. The van der Waals surface area contributed by atoms with E-state index in [1.807, 2.05) is 13.8 Å². The van der Waals surface area contributed by atoms with E-state index in [-0.39, 0.29) is 12.8 Å². The van der Waals surface area contributed by atoms with E-state index in [9.17, 15) is 20.1 Å². The van der Waals surface area contributed by atoms with E-state index in [0.29, 0.717) is 18.4 Å². The van der Waals surface area contributed by atoms with Crippen LogP contribution in [0.25, 0.3) is 0 Å². The normalized spacial score (nSPS) is 29.2. The molecule has 1 rings (SSSR count). The van der Waals surface area contributed by atoms with Crippen molar-refractivity contribution in [3.63, 3.8) is 0 Å². The van der Waals surface area contributed by atoms with Crippen molar-refractivity contribution in [1.82, 2.24) is 0 Å². The summed E-state index contributed by atoms with van der Waals surface area (Å²) in [5.41, 5.74) is -1.11. The first-order valence-corrected chi connectivity index (χ1v) is 7.29. The molecule has 3 atom stereocenters. The Bertz CT molecular complexity index is 337. The van der Waals surface area contributed by atoms with E-state index in [0.717, 1.165) is 19.3 Å². The van der Waals surface area contributed by atoms with Gasteiger partial charge in [-0.05, 0) is 24.5 Å². The first-order valence-electron chi connectivity index (χ1n) is 7.29. The minimum absolute atomic E-state index is 0.177. The van der Waals surface area contributed by atoms with Gasteiger partial charge in [-0.1, -0.05) is 39.5 Å². The number of aliphatic hydroxyl groups is 3. The Labute approximate surface area is 115 Å². The molecule has 4 nitrogen and oxygen atoms in total.